The lowest BCUT2D eigenvalue weighted by molar-refractivity contribution is 0.562. The molecule has 0 aliphatic rings. The lowest BCUT2D eigenvalue weighted by atomic mass is 10.2. The third-order valence-corrected chi connectivity index (χ3v) is 4.29. The monoisotopic (exact) mass is 282 g/mol. The lowest BCUT2D eigenvalue weighted by Gasteiger charge is -2.12. The van der Waals surface area contributed by atoms with Gasteiger partial charge in [0.15, 0.2) is 0 Å². The van der Waals surface area contributed by atoms with Gasteiger partial charge in [0, 0.05) is 12.6 Å². The molecule has 0 saturated carbocycles. The summed E-state index contributed by atoms with van der Waals surface area (Å²) in [5.41, 5.74) is 1.07. The van der Waals surface area contributed by atoms with E-state index in [-0.39, 0.29) is 6.04 Å². The third-order valence-electron chi connectivity index (χ3n) is 2.69. The molecule has 0 bridgehead atoms. The summed E-state index contributed by atoms with van der Waals surface area (Å²) in [4.78, 5) is 0.295. The molecule has 0 heterocycles. The molecule has 1 unspecified atom stereocenters. The summed E-state index contributed by atoms with van der Waals surface area (Å²) in [7, 11) is -3.44. The third kappa shape index (κ3) is 5.14. The molecule has 0 aliphatic carbocycles. The van der Waals surface area contributed by atoms with Crippen molar-refractivity contribution in [2.45, 2.75) is 37.8 Å². The van der Waals surface area contributed by atoms with E-state index in [4.69, 9.17) is 0 Å². The first-order valence-electron chi connectivity index (χ1n) is 6.42. The Labute approximate surface area is 116 Å². The van der Waals surface area contributed by atoms with Crippen LogP contribution in [-0.4, -0.2) is 21.0 Å². The van der Waals surface area contributed by atoms with Gasteiger partial charge in [-0.3, -0.25) is 0 Å². The van der Waals surface area contributed by atoms with Crippen LogP contribution in [0, 0.1) is 0 Å². The van der Waals surface area contributed by atoms with E-state index in [0.717, 1.165) is 18.7 Å². The summed E-state index contributed by atoms with van der Waals surface area (Å²) in [6, 6.07) is 6.78. The minimum absolute atomic E-state index is 0.149. The fraction of sp³-hybridized carbons (Fsp3) is 0.429. The van der Waals surface area contributed by atoms with Crippen molar-refractivity contribution >= 4 is 10.0 Å². The Kier molecular flexibility index (Phi) is 6.21. The first-order chi connectivity index (χ1) is 8.99. The van der Waals surface area contributed by atoms with E-state index in [0.29, 0.717) is 11.3 Å². The van der Waals surface area contributed by atoms with E-state index in [1.165, 1.54) is 0 Å². The molecule has 0 aromatic heterocycles. The number of benzene rings is 1. The van der Waals surface area contributed by atoms with Gasteiger partial charge in [0.1, 0.15) is 0 Å². The maximum atomic E-state index is 12.1. The molecule has 1 atom stereocenters. The van der Waals surface area contributed by atoms with Gasteiger partial charge < -0.3 is 5.32 Å². The van der Waals surface area contributed by atoms with Crippen LogP contribution in [0.2, 0.25) is 0 Å². The second-order valence-corrected chi connectivity index (χ2v) is 6.18. The Bertz CT molecular complexity index is 495. The van der Waals surface area contributed by atoms with Gasteiger partial charge in [-0.2, -0.15) is 0 Å². The quantitative estimate of drug-likeness (QED) is 0.717. The highest BCUT2D eigenvalue weighted by Crippen LogP contribution is 2.11. The van der Waals surface area contributed by atoms with Gasteiger partial charge in [0.2, 0.25) is 10.0 Å². The Morgan fingerprint density at radius 2 is 1.95 bits per heavy atom. The molecule has 1 rings (SSSR count). The topological polar surface area (TPSA) is 58.2 Å². The predicted molar refractivity (Wildman–Crippen MR) is 78.4 cm³/mol. The Morgan fingerprint density at radius 3 is 2.47 bits per heavy atom. The van der Waals surface area contributed by atoms with E-state index in [9.17, 15) is 8.42 Å². The van der Waals surface area contributed by atoms with E-state index >= 15 is 0 Å². The molecular weight excluding hydrogens is 260 g/mol. The molecule has 0 saturated heterocycles. The zero-order valence-electron chi connectivity index (χ0n) is 11.5. The van der Waals surface area contributed by atoms with Crippen molar-refractivity contribution < 1.29 is 8.42 Å². The van der Waals surface area contributed by atoms with E-state index in [1.54, 1.807) is 18.2 Å². The number of nitrogens with one attached hydrogen (secondary N) is 2. The van der Waals surface area contributed by atoms with Gasteiger partial charge in [0.25, 0.3) is 0 Å². The molecule has 19 heavy (non-hydrogen) atoms. The molecule has 0 spiro atoms. The molecule has 1 aromatic rings. The molecule has 5 heteroatoms. The molecule has 0 fully saturated rings. The van der Waals surface area contributed by atoms with Crippen LogP contribution >= 0.6 is 0 Å². The Balaban J connectivity index is 2.75. The maximum Gasteiger partial charge on any atom is 0.240 e. The molecular formula is C14H22N2O2S. The SMILES string of the molecule is C=CCC(C)NS(=O)(=O)c1ccc(CNCC)cc1. The van der Waals surface area contributed by atoms with E-state index in [1.807, 2.05) is 26.0 Å². The van der Waals surface area contributed by atoms with Crippen molar-refractivity contribution in [2.75, 3.05) is 6.54 Å². The van der Waals surface area contributed by atoms with E-state index in [2.05, 4.69) is 16.6 Å². The largest absolute Gasteiger partial charge is 0.313 e. The van der Waals surface area contributed by atoms with Gasteiger partial charge >= 0.3 is 0 Å². The van der Waals surface area contributed by atoms with E-state index < -0.39 is 10.0 Å². The minimum atomic E-state index is -3.44. The summed E-state index contributed by atoms with van der Waals surface area (Å²) in [6.07, 6.45) is 2.31. The van der Waals surface area contributed by atoms with Gasteiger partial charge in [-0.25, -0.2) is 13.1 Å². The smallest absolute Gasteiger partial charge is 0.240 e. The fourth-order valence-electron chi connectivity index (χ4n) is 1.69. The van der Waals surface area contributed by atoms with Crippen molar-refractivity contribution in [1.29, 1.82) is 0 Å². The van der Waals surface area contributed by atoms with Gasteiger partial charge in [-0.1, -0.05) is 25.1 Å². The predicted octanol–water partition coefficient (Wildman–Crippen LogP) is 2.04. The molecule has 4 nitrogen and oxygen atoms in total. The van der Waals surface area contributed by atoms with Crippen LogP contribution in [0.3, 0.4) is 0 Å². The first-order valence-corrected chi connectivity index (χ1v) is 7.90. The average molecular weight is 282 g/mol. The highest BCUT2D eigenvalue weighted by atomic mass is 32.2. The zero-order valence-corrected chi connectivity index (χ0v) is 12.3. The Morgan fingerprint density at radius 1 is 1.32 bits per heavy atom. The van der Waals surface area contributed by atoms with Crippen LogP contribution < -0.4 is 10.0 Å². The molecule has 0 radical (unpaired) electrons. The first kappa shape index (κ1) is 15.9. The van der Waals surface area contributed by atoms with Crippen LogP contribution in [0.5, 0.6) is 0 Å². The molecule has 2 N–H and O–H groups in total. The van der Waals surface area contributed by atoms with Crippen LogP contribution in [0.4, 0.5) is 0 Å². The summed E-state index contributed by atoms with van der Waals surface area (Å²) in [6.45, 7) is 9.09. The number of rotatable bonds is 8. The summed E-state index contributed by atoms with van der Waals surface area (Å²) in [5, 5.41) is 3.20. The van der Waals surface area contributed by atoms with Crippen molar-refractivity contribution in [2.24, 2.45) is 0 Å². The van der Waals surface area contributed by atoms with Crippen LogP contribution in [0.25, 0.3) is 0 Å². The number of hydrogen-bond acceptors (Lipinski definition) is 3. The summed E-state index contributed by atoms with van der Waals surface area (Å²) in [5.74, 6) is 0. The number of hydrogen-bond donors (Lipinski definition) is 2. The Hall–Kier alpha value is -1.17. The normalized spacial score (nSPS) is 13.2. The molecule has 0 aliphatic heterocycles. The van der Waals surface area contributed by atoms with Crippen LogP contribution in [0.15, 0.2) is 41.8 Å². The zero-order chi connectivity index (χ0) is 14.3. The standard InChI is InChI=1S/C14H22N2O2S/c1-4-6-12(3)16-19(17,18)14-9-7-13(8-10-14)11-15-5-2/h4,7-10,12,15-16H,1,5-6,11H2,2-3H3. The fourth-order valence-corrected chi connectivity index (χ4v) is 2.94. The van der Waals surface area contributed by atoms with Gasteiger partial charge in [-0.05, 0) is 37.6 Å². The van der Waals surface area contributed by atoms with Gasteiger partial charge in [0.05, 0.1) is 4.90 Å². The lowest BCUT2D eigenvalue weighted by Crippen LogP contribution is -2.32. The maximum absolute atomic E-state index is 12.1. The second-order valence-electron chi connectivity index (χ2n) is 4.47. The summed E-state index contributed by atoms with van der Waals surface area (Å²) < 4.78 is 26.8. The summed E-state index contributed by atoms with van der Waals surface area (Å²) >= 11 is 0. The minimum Gasteiger partial charge on any atom is -0.313 e. The highest BCUT2D eigenvalue weighted by molar-refractivity contribution is 7.89. The van der Waals surface area contributed by atoms with Crippen LogP contribution in [-0.2, 0) is 16.6 Å². The second kappa shape index (κ2) is 7.43. The van der Waals surface area contributed by atoms with Crippen LogP contribution in [0.1, 0.15) is 25.8 Å². The highest BCUT2D eigenvalue weighted by Gasteiger charge is 2.16. The molecule has 106 valence electrons. The molecule has 1 aromatic carbocycles. The van der Waals surface area contributed by atoms with Crippen molar-refractivity contribution in [1.82, 2.24) is 10.0 Å². The van der Waals surface area contributed by atoms with Crippen molar-refractivity contribution in [3.05, 3.63) is 42.5 Å². The number of sulfonamides is 1. The van der Waals surface area contributed by atoms with Crippen molar-refractivity contribution in [3.8, 4) is 0 Å². The molecule has 0 amide bonds. The average Bonchev–Trinajstić information content (AvgIpc) is 2.36. The van der Waals surface area contributed by atoms with Crippen molar-refractivity contribution in [3.63, 3.8) is 0 Å². The van der Waals surface area contributed by atoms with Gasteiger partial charge in [-0.15, -0.1) is 6.58 Å².